The van der Waals surface area contributed by atoms with Crippen LogP contribution >= 0.6 is 0 Å². The summed E-state index contributed by atoms with van der Waals surface area (Å²) < 4.78 is 0. The monoisotopic (exact) mass is 214 g/mol. The number of hydrogen-bond acceptors (Lipinski definition) is 3. The van der Waals surface area contributed by atoms with Gasteiger partial charge in [0.2, 0.25) is 0 Å². The predicted molar refractivity (Wildman–Crippen MR) is 60.5 cm³/mol. The molecule has 0 aromatic rings. The van der Waals surface area contributed by atoms with Crippen molar-refractivity contribution in [2.45, 2.75) is 12.8 Å². The van der Waals surface area contributed by atoms with Crippen LogP contribution in [0.3, 0.4) is 0 Å². The van der Waals surface area contributed by atoms with E-state index in [9.17, 15) is 9.90 Å². The van der Waals surface area contributed by atoms with Crippen LogP contribution in [0.15, 0.2) is 45.7 Å². The molecule has 0 aromatic heterocycles. The van der Waals surface area contributed by atoms with E-state index >= 15 is 0 Å². The van der Waals surface area contributed by atoms with E-state index in [-0.39, 0.29) is 0 Å². The van der Waals surface area contributed by atoms with Gasteiger partial charge >= 0.3 is 5.97 Å². The van der Waals surface area contributed by atoms with Gasteiger partial charge in [-0.2, -0.15) is 0 Å². The van der Waals surface area contributed by atoms with Crippen molar-refractivity contribution in [1.82, 2.24) is 0 Å². The Balaban J connectivity index is 2.24. The Labute approximate surface area is 92.4 Å². The van der Waals surface area contributed by atoms with Crippen LogP contribution < -0.4 is 0 Å². The first-order valence-corrected chi connectivity index (χ1v) is 5.18. The molecule has 2 aliphatic heterocycles. The van der Waals surface area contributed by atoms with Crippen LogP contribution in [0.1, 0.15) is 12.8 Å². The van der Waals surface area contributed by atoms with Crippen LogP contribution in [-0.2, 0) is 4.79 Å². The zero-order valence-corrected chi connectivity index (χ0v) is 8.55. The summed E-state index contributed by atoms with van der Waals surface area (Å²) in [6, 6.07) is 0. The van der Waals surface area contributed by atoms with Crippen molar-refractivity contribution >= 4 is 17.9 Å². The number of allylic oxidation sites excluding steroid dienone is 3. The van der Waals surface area contributed by atoms with Crippen LogP contribution in [0, 0.1) is 5.41 Å². The molecular formula is C12H10N2O2. The molecule has 0 saturated heterocycles. The minimum Gasteiger partial charge on any atom is -0.480 e. The topological polar surface area (TPSA) is 62.0 Å². The Kier molecular flexibility index (Phi) is 1.74. The normalized spacial score (nSPS) is 30.1. The van der Waals surface area contributed by atoms with Gasteiger partial charge in [-0.25, -0.2) is 0 Å². The molecule has 0 amide bonds. The van der Waals surface area contributed by atoms with E-state index in [1.165, 1.54) is 0 Å². The van der Waals surface area contributed by atoms with Gasteiger partial charge in [-0.3, -0.25) is 14.8 Å². The van der Waals surface area contributed by atoms with Crippen LogP contribution in [0.4, 0.5) is 0 Å². The number of nitrogens with zero attached hydrogens (tertiary/aromatic N) is 2. The largest absolute Gasteiger partial charge is 0.480 e. The van der Waals surface area contributed by atoms with E-state index < -0.39 is 11.4 Å². The molecule has 3 rings (SSSR count). The zero-order chi connectivity index (χ0) is 11.2. The summed E-state index contributed by atoms with van der Waals surface area (Å²) in [6.45, 7) is 0. The molecule has 0 spiro atoms. The van der Waals surface area contributed by atoms with Gasteiger partial charge in [-0.15, -0.1) is 0 Å². The summed E-state index contributed by atoms with van der Waals surface area (Å²) in [4.78, 5) is 19.9. The molecule has 80 valence electrons. The van der Waals surface area contributed by atoms with E-state index in [1.807, 2.05) is 12.2 Å². The summed E-state index contributed by atoms with van der Waals surface area (Å²) in [5.74, 6) is -0.835. The summed E-state index contributed by atoms with van der Waals surface area (Å²) in [6.07, 6.45) is 10.1. The lowest BCUT2D eigenvalue weighted by atomic mass is 9.67. The molecule has 0 aromatic carbocycles. The summed E-state index contributed by atoms with van der Waals surface area (Å²) in [5, 5.41) is 9.53. The number of fused-ring (bicyclic) bond motifs is 3. The molecule has 1 atom stereocenters. The third kappa shape index (κ3) is 0.961. The number of carbonyl (C=O) groups is 1. The molecule has 3 aliphatic rings. The van der Waals surface area contributed by atoms with Gasteiger partial charge in [0.25, 0.3) is 0 Å². The fraction of sp³-hybridized carbons (Fsp3) is 0.250. The van der Waals surface area contributed by atoms with E-state index in [4.69, 9.17) is 0 Å². The van der Waals surface area contributed by atoms with Crippen molar-refractivity contribution in [2.24, 2.45) is 15.4 Å². The van der Waals surface area contributed by atoms with Crippen molar-refractivity contribution in [2.75, 3.05) is 0 Å². The number of hydrogen-bond donors (Lipinski definition) is 1. The molecule has 0 saturated carbocycles. The van der Waals surface area contributed by atoms with Crippen LogP contribution in [0.5, 0.6) is 0 Å². The molecule has 16 heavy (non-hydrogen) atoms. The minimum atomic E-state index is -0.977. The Morgan fingerprint density at radius 1 is 1.44 bits per heavy atom. The number of rotatable bonds is 1. The molecule has 4 nitrogen and oxygen atoms in total. The maximum absolute atomic E-state index is 11.6. The number of aliphatic carboxylic acids is 1. The second-order valence-corrected chi connectivity index (χ2v) is 4.07. The zero-order valence-electron chi connectivity index (χ0n) is 8.55. The molecule has 2 heterocycles. The first kappa shape index (κ1) is 9.27. The lowest BCUT2D eigenvalue weighted by Gasteiger charge is -2.35. The third-order valence-corrected chi connectivity index (χ3v) is 3.29. The average Bonchev–Trinajstić information content (AvgIpc) is 2.77. The highest BCUT2D eigenvalue weighted by molar-refractivity contribution is 6.18. The standard InChI is InChI=1S/C12H10N2O2/c15-11(16)12-4-2-1-3-10(12)14-6-8-5-13-7-9(8)12/h1,3,5-7H,2,4H2,(H,15,16). The maximum atomic E-state index is 11.6. The molecule has 1 aliphatic carbocycles. The van der Waals surface area contributed by atoms with E-state index in [0.717, 1.165) is 17.6 Å². The van der Waals surface area contributed by atoms with Crippen molar-refractivity contribution < 1.29 is 9.90 Å². The van der Waals surface area contributed by atoms with Gasteiger partial charge in [0, 0.05) is 29.8 Å². The van der Waals surface area contributed by atoms with E-state index in [0.29, 0.717) is 12.1 Å². The Bertz CT molecular complexity index is 523. The van der Waals surface area contributed by atoms with Crippen LogP contribution in [0.25, 0.3) is 0 Å². The second kappa shape index (κ2) is 3.01. The van der Waals surface area contributed by atoms with E-state index in [2.05, 4.69) is 9.98 Å². The van der Waals surface area contributed by atoms with Gasteiger partial charge in [0.05, 0.1) is 5.71 Å². The summed E-state index contributed by atoms with van der Waals surface area (Å²) >= 11 is 0. The number of carboxylic acids is 1. The minimum absolute atomic E-state index is 0.560. The highest BCUT2D eigenvalue weighted by Gasteiger charge is 2.49. The van der Waals surface area contributed by atoms with Crippen molar-refractivity contribution in [1.29, 1.82) is 0 Å². The van der Waals surface area contributed by atoms with Crippen molar-refractivity contribution in [3.05, 3.63) is 35.7 Å². The quantitative estimate of drug-likeness (QED) is 0.722. The van der Waals surface area contributed by atoms with Gasteiger partial charge in [0.1, 0.15) is 5.41 Å². The SMILES string of the molecule is O=C(O)C12CCC=CC1=NC=C1C=NC=C12. The highest BCUT2D eigenvalue weighted by Crippen LogP contribution is 2.45. The smallest absolute Gasteiger partial charge is 0.320 e. The molecule has 0 radical (unpaired) electrons. The lowest BCUT2D eigenvalue weighted by Crippen LogP contribution is -2.43. The third-order valence-electron chi connectivity index (χ3n) is 3.29. The Morgan fingerprint density at radius 2 is 2.31 bits per heavy atom. The average molecular weight is 214 g/mol. The van der Waals surface area contributed by atoms with Gasteiger partial charge in [-0.05, 0) is 18.9 Å². The summed E-state index contributed by atoms with van der Waals surface area (Å²) in [5.41, 5.74) is 1.23. The van der Waals surface area contributed by atoms with Gasteiger partial charge < -0.3 is 5.11 Å². The van der Waals surface area contributed by atoms with Crippen LogP contribution in [-0.4, -0.2) is 23.0 Å². The maximum Gasteiger partial charge on any atom is 0.320 e. The van der Waals surface area contributed by atoms with Gasteiger partial charge in [-0.1, -0.05) is 6.08 Å². The number of carboxylic acid groups (broad SMARTS) is 1. The highest BCUT2D eigenvalue weighted by atomic mass is 16.4. The fourth-order valence-corrected chi connectivity index (χ4v) is 2.46. The van der Waals surface area contributed by atoms with Crippen LogP contribution in [0.2, 0.25) is 0 Å². The lowest BCUT2D eigenvalue weighted by molar-refractivity contribution is -0.143. The molecular weight excluding hydrogens is 204 g/mol. The molecule has 1 N–H and O–H groups in total. The molecule has 1 unspecified atom stereocenters. The van der Waals surface area contributed by atoms with E-state index in [1.54, 1.807) is 18.6 Å². The first-order valence-electron chi connectivity index (χ1n) is 5.18. The van der Waals surface area contributed by atoms with Crippen molar-refractivity contribution in [3.63, 3.8) is 0 Å². The predicted octanol–water partition coefficient (Wildman–Crippen LogP) is 1.71. The van der Waals surface area contributed by atoms with Crippen molar-refractivity contribution in [3.8, 4) is 0 Å². The first-order chi connectivity index (χ1) is 7.75. The molecule has 0 fully saturated rings. The Morgan fingerprint density at radius 3 is 3.12 bits per heavy atom. The molecule has 0 bridgehead atoms. The number of aliphatic imine (C=N–C) groups is 2. The Hall–Kier alpha value is -1.97. The summed E-state index contributed by atoms with van der Waals surface area (Å²) in [7, 11) is 0. The fourth-order valence-electron chi connectivity index (χ4n) is 2.46. The molecule has 4 heteroatoms. The van der Waals surface area contributed by atoms with Gasteiger partial charge in [0.15, 0.2) is 0 Å². The second-order valence-electron chi connectivity index (χ2n) is 4.07.